The van der Waals surface area contributed by atoms with E-state index in [4.69, 9.17) is 5.73 Å². The van der Waals surface area contributed by atoms with Crippen molar-refractivity contribution in [1.82, 2.24) is 20.2 Å². The summed E-state index contributed by atoms with van der Waals surface area (Å²) < 4.78 is 0. The van der Waals surface area contributed by atoms with Gasteiger partial charge in [-0.3, -0.25) is 14.6 Å². The maximum Gasteiger partial charge on any atom is 0.255 e. The molecular formula is C21H27Cl2N5O2. The molecule has 3 heterocycles. The number of benzene rings is 1. The molecule has 1 saturated heterocycles. The summed E-state index contributed by atoms with van der Waals surface area (Å²) in [6.07, 6.45) is 4.08. The van der Waals surface area contributed by atoms with Crippen LogP contribution in [0.1, 0.15) is 41.6 Å². The van der Waals surface area contributed by atoms with Gasteiger partial charge in [-0.05, 0) is 43.2 Å². The van der Waals surface area contributed by atoms with E-state index in [1.54, 1.807) is 0 Å². The van der Waals surface area contributed by atoms with Gasteiger partial charge in [-0.1, -0.05) is 24.3 Å². The number of H-pyrrole nitrogens is 1. The highest BCUT2D eigenvalue weighted by molar-refractivity contribution is 5.85. The average molecular weight is 452 g/mol. The number of aromatic amines is 1. The Morgan fingerprint density at radius 1 is 1.13 bits per heavy atom. The molecule has 1 fully saturated rings. The molecular weight excluding hydrogens is 425 g/mol. The fourth-order valence-electron chi connectivity index (χ4n) is 5.16. The van der Waals surface area contributed by atoms with Crippen molar-refractivity contribution in [2.75, 3.05) is 18.8 Å². The summed E-state index contributed by atoms with van der Waals surface area (Å²) in [5, 5.41) is 3.40. The highest BCUT2D eigenvalue weighted by atomic mass is 35.5. The Hall–Kier alpha value is -2.09. The summed E-state index contributed by atoms with van der Waals surface area (Å²) in [7, 11) is 0. The number of nitrogens with two attached hydrogens (primary N) is 1. The van der Waals surface area contributed by atoms with Gasteiger partial charge in [0.1, 0.15) is 0 Å². The third-order valence-electron chi connectivity index (χ3n) is 6.80. The molecule has 1 amide bonds. The molecule has 9 heteroatoms. The van der Waals surface area contributed by atoms with Crippen LogP contribution in [0.5, 0.6) is 0 Å². The molecule has 2 aromatic rings. The van der Waals surface area contributed by atoms with Crippen molar-refractivity contribution in [2.24, 2.45) is 0 Å². The number of aromatic nitrogens is 2. The van der Waals surface area contributed by atoms with E-state index in [2.05, 4.69) is 27.4 Å². The molecule has 1 spiro atoms. The summed E-state index contributed by atoms with van der Waals surface area (Å²) in [6, 6.07) is 8.15. The van der Waals surface area contributed by atoms with Crippen molar-refractivity contribution in [3.05, 3.63) is 57.0 Å². The molecule has 162 valence electrons. The van der Waals surface area contributed by atoms with Gasteiger partial charge in [0.25, 0.3) is 5.56 Å². The van der Waals surface area contributed by atoms with Crippen molar-refractivity contribution in [2.45, 2.75) is 50.1 Å². The number of halogens is 2. The minimum absolute atomic E-state index is 0. The maximum atomic E-state index is 13.1. The van der Waals surface area contributed by atoms with Crippen LogP contribution < -0.4 is 16.6 Å². The van der Waals surface area contributed by atoms with Gasteiger partial charge < -0.3 is 16.0 Å². The van der Waals surface area contributed by atoms with Crippen molar-refractivity contribution in [1.29, 1.82) is 0 Å². The molecule has 1 atom stereocenters. The molecule has 0 saturated carbocycles. The van der Waals surface area contributed by atoms with Crippen LogP contribution >= 0.6 is 24.8 Å². The molecule has 30 heavy (non-hydrogen) atoms. The number of likely N-dealkylation sites (tertiary alicyclic amines) is 1. The van der Waals surface area contributed by atoms with E-state index in [1.165, 1.54) is 11.1 Å². The predicted octanol–water partition coefficient (Wildman–Crippen LogP) is 1.72. The molecule has 0 bridgehead atoms. The van der Waals surface area contributed by atoms with Crippen molar-refractivity contribution >= 4 is 36.7 Å². The standard InChI is InChI=1S/C21H25N5O2.2ClH/c22-20-24-17-15(18(27)25-20)5-6-21(17)7-9-26(10-8-21)19(28)16-11-13-3-1-2-4-14(13)12-23-16;;/h1-4,16,23H,5-12H2,(H3,22,24,25,27);2*1H/t16-;;/m1../s1. The quantitative estimate of drug-likeness (QED) is 0.611. The first kappa shape index (κ1) is 22.6. The summed E-state index contributed by atoms with van der Waals surface area (Å²) in [6.45, 7) is 2.14. The predicted molar refractivity (Wildman–Crippen MR) is 120 cm³/mol. The lowest BCUT2D eigenvalue weighted by molar-refractivity contribution is -0.135. The summed E-state index contributed by atoms with van der Waals surface area (Å²) in [5.41, 5.74) is 9.76. The number of carbonyl (C=O) groups is 1. The molecule has 7 nitrogen and oxygen atoms in total. The van der Waals surface area contributed by atoms with Gasteiger partial charge in [-0.2, -0.15) is 0 Å². The van der Waals surface area contributed by atoms with Crippen LogP contribution in [-0.4, -0.2) is 39.9 Å². The van der Waals surface area contributed by atoms with Crippen LogP contribution in [0.3, 0.4) is 0 Å². The fourth-order valence-corrected chi connectivity index (χ4v) is 5.16. The van der Waals surface area contributed by atoms with Crippen LogP contribution in [0, 0.1) is 0 Å². The smallest absolute Gasteiger partial charge is 0.255 e. The van der Waals surface area contributed by atoms with Gasteiger partial charge in [-0.25, -0.2) is 4.98 Å². The topological polar surface area (TPSA) is 104 Å². The summed E-state index contributed by atoms with van der Waals surface area (Å²) in [5.74, 6) is 0.370. The van der Waals surface area contributed by atoms with Gasteiger partial charge in [0.2, 0.25) is 11.9 Å². The largest absolute Gasteiger partial charge is 0.369 e. The van der Waals surface area contributed by atoms with E-state index in [9.17, 15) is 9.59 Å². The van der Waals surface area contributed by atoms with Crippen molar-refractivity contribution < 1.29 is 4.79 Å². The molecule has 2 aliphatic heterocycles. The zero-order chi connectivity index (χ0) is 19.3. The zero-order valence-corrected chi connectivity index (χ0v) is 18.3. The van der Waals surface area contributed by atoms with Gasteiger partial charge in [0.05, 0.1) is 11.7 Å². The minimum Gasteiger partial charge on any atom is -0.369 e. The molecule has 1 aromatic heterocycles. The summed E-state index contributed by atoms with van der Waals surface area (Å²) in [4.78, 5) is 34.4. The highest BCUT2D eigenvalue weighted by Gasteiger charge is 2.45. The van der Waals surface area contributed by atoms with E-state index >= 15 is 0 Å². The van der Waals surface area contributed by atoms with Crippen molar-refractivity contribution in [3.63, 3.8) is 0 Å². The second-order valence-corrected chi connectivity index (χ2v) is 8.29. The van der Waals surface area contributed by atoms with E-state index in [1.807, 2.05) is 17.0 Å². The Labute approximate surface area is 187 Å². The highest BCUT2D eigenvalue weighted by Crippen LogP contribution is 2.44. The fraction of sp³-hybridized carbons (Fsp3) is 0.476. The van der Waals surface area contributed by atoms with Gasteiger partial charge in [0.15, 0.2) is 0 Å². The molecule has 4 N–H and O–H groups in total. The normalized spacial score (nSPS) is 21.2. The second kappa shape index (κ2) is 8.57. The Morgan fingerprint density at radius 3 is 2.57 bits per heavy atom. The number of fused-ring (bicyclic) bond motifs is 3. The number of hydrogen-bond acceptors (Lipinski definition) is 5. The van der Waals surface area contributed by atoms with Crippen LogP contribution in [0.25, 0.3) is 0 Å². The molecule has 0 unspecified atom stereocenters. The third kappa shape index (κ3) is 3.70. The lowest BCUT2D eigenvalue weighted by Gasteiger charge is -2.41. The van der Waals surface area contributed by atoms with Crippen LogP contribution in [0.4, 0.5) is 5.95 Å². The number of nitrogens with one attached hydrogen (secondary N) is 2. The number of carbonyl (C=O) groups excluding carboxylic acids is 1. The van der Waals surface area contributed by atoms with Crippen LogP contribution in [0.15, 0.2) is 29.1 Å². The first-order chi connectivity index (χ1) is 13.6. The molecule has 1 aromatic carbocycles. The maximum absolute atomic E-state index is 13.1. The van der Waals surface area contributed by atoms with Crippen LogP contribution in [-0.2, 0) is 29.6 Å². The monoisotopic (exact) mass is 451 g/mol. The Kier molecular flexibility index (Phi) is 6.45. The van der Waals surface area contributed by atoms with Gasteiger partial charge in [0, 0.05) is 30.6 Å². The van der Waals surface area contributed by atoms with E-state index in [0.717, 1.165) is 49.9 Å². The Bertz CT molecular complexity index is 1000. The number of hydrogen-bond donors (Lipinski definition) is 3. The van der Waals surface area contributed by atoms with E-state index in [-0.39, 0.29) is 53.7 Å². The SMILES string of the molecule is Cl.Cl.Nc1nc2c(c(=O)[nH]1)CCC21CCN(C(=O)[C@H]2Cc3ccccc3CN2)CC1. The molecule has 1 aliphatic carbocycles. The van der Waals surface area contributed by atoms with E-state index in [0.29, 0.717) is 13.1 Å². The van der Waals surface area contributed by atoms with Gasteiger partial charge in [-0.15, -0.1) is 24.8 Å². The number of anilines is 1. The molecule has 0 radical (unpaired) electrons. The first-order valence-corrected chi connectivity index (χ1v) is 10.0. The molecule has 5 rings (SSSR count). The van der Waals surface area contributed by atoms with E-state index < -0.39 is 0 Å². The Balaban J connectivity index is 0.00000128. The zero-order valence-electron chi connectivity index (χ0n) is 16.6. The number of nitrogen functional groups attached to an aromatic ring is 1. The molecule has 3 aliphatic rings. The second-order valence-electron chi connectivity index (χ2n) is 8.29. The number of nitrogens with zero attached hydrogens (tertiary/aromatic N) is 2. The minimum atomic E-state index is -0.156. The lowest BCUT2D eigenvalue weighted by Crippen LogP contribution is -2.53. The van der Waals surface area contributed by atoms with Crippen molar-refractivity contribution in [3.8, 4) is 0 Å². The summed E-state index contributed by atoms with van der Waals surface area (Å²) >= 11 is 0. The van der Waals surface area contributed by atoms with Crippen LogP contribution in [0.2, 0.25) is 0 Å². The number of piperidine rings is 1. The number of amides is 1. The first-order valence-electron chi connectivity index (χ1n) is 10.0. The van der Waals surface area contributed by atoms with Gasteiger partial charge >= 0.3 is 0 Å². The number of rotatable bonds is 1. The Morgan fingerprint density at radius 2 is 1.83 bits per heavy atom. The third-order valence-corrected chi connectivity index (χ3v) is 6.80. The average Bonchev–Trinajstić information content (AvgIpc) is 3.06. The lowest BCUT2D eigenvalue weighted by atomic mass is 9.76.